The van der Waals surface area contributed by atoms with E-state index in [1.54, 1.807) is 36.6 Å². The molecule has 21 heavy (non-hydrogen) atoms. The van der Waals surface area contributed by atoms with Crippen LogP contribution < -0.4 is 9.47 Å². The lowest BCUT2D eigenvalue weighted by Gasteiger charge is -2.10. The summed E-state index contributed by atoms with van der Waals surface area (Å²) >= 11 is 1.55. The average Bonchev–Trinajstić information content (AvgIpc) is 2.98. The topological polar surface area (TPSA) is 58.9 Å². The summed E-state index contributed by atoms with van der Waals surface area (Å²) < 4.78 is 11.0. The molecule has 0 radical (unpaired) electrons. The molecule has 2 rings (SSSR count). The van der Waals surface area contributed by atoms with Gasteiger partial charge in [0.2, 0.25) is 0 Å². The van der Waals surface area contributed by atoms with Crippen LogP contribution in [0.25, 0.3) is 0 Å². The van der Waals surface area contributed by atoms with Gasteiger partial charge in [-0.05, 0) is 23.8 Å². The molecule has 110 valence electrons. The van der Waals surface area contributed by atoms with Crippen molar-refractivity contribution in [2.45, 2.75) is 13.2 Å². The van der Waals surface area contributed by atoms with Gasteiger partial charge in [0.15, 0.2) is 11.5 Å². The van der Waals surface area contributed by atoms with Gasteiger partial charge in [0.1, 0.15) is 13.2 Å². The van der Waals surface area contributed by atoms with Crippen molar-refractivity contribution in [3.05, 3.63) is 45.6 Å². The lowest BCUT2D eigenvalue weighted by atomic mass is 10.2. The normalized spacial score (nSPS) is 9.86. The summed E-state index contributed by atoms with van der Waals surface area (Å²) in [6, 6.07) is 7.26. The Morgan fingerprint density at radius 2 is 2.05 bits per heavy atom. The van der Waals surface area contributed by atoms with Gasteiger partial charge < -0.3 is 19.7 Å². The fraction of sp³-hybridized carbons (Fsp3) is 0.250. The number of hydrogen-bond acceptors (Lipinski definition) is 5. The van der Waals surface area contributed by atoms with Gasteiger partial charge in [-0.2, -0.15) is 0 Å². The molecule has 2 aromatic rings. The smallest absolute Gasteiger partial charge is 0.161 e. The van der Waals surface area contributed by atoms with Gasteiger partial charge >= 0.3 is 0 Å². The first-order chi connectivity index (χ1) is 10.3. The van der Waals surface area contributed by atoms with Crippen molar-refractivity contribution in [1.82, 2.24) is 0 Å². The molecule has 1 aromatic carbocycles. The molecular formula is C16H16O4S. The maximum absolute atomic E-state index is 9.10. The molecule has 0 aliphatic rings. The fourth-order valence-electron chi connectivity index (χ4n) is 1.74. The molecule has 0 fully saturated rings. The van der Waals surface area contributed by atoms with E-state index in [-0.39, 0.29) is 13.2 Å². The van der Waals surface area contributed by atoms with Crippen molar-refractivity contribution in [1.29, 1.82) is 0 Å². The minimum atomic E-state index is -0.143. The van der Waals surface area contributed by atoms with Crippen LogP contribution in [-0.4, -0.2) is 23.9 Å². The molecule has 0 unspecified atom stereocenters. The Balaban J connectivity index is 2.04. The van der Waals surface area contributed by atoms with Crippen molar-refractivity contribution >= 4 is 11.3 Å². The molecule has 2 N–H and O–H groups in total. The third-order valence-electron chi connectivity index (χ3n) is 2.75. The maximum Gasteiger partial charge on any atom is 0.161 e. The summed E-state index contributed by atoms with van der Waals surface area (Å²) in [4.78, 5) is 1.03. The number of methoxy groups -OCH3 is 1. The van der Waals surface area contributed by atoms with Crippen LogP contribution in [0.4, 0.5) is 0 Å². The van der Waals surface area contributed by atoms with E-state index in [4.69, 9.17) is 19.7 Å². The minimum Gasteiger partial charge on any atom is -0.493 e. The highest BCUT2D eigenvalue weighted by atomic mass is 32.1. The molecule has 0 atom stereocenters. The van der Waals surface area contributed by atoms with Crippen LogP contribution in [0, 0.1) is 11.8 Å². The van der Waals surface area contributed by atoms with Crippen molar-refractivity contribution in [2.24, 2.45) is 0 Å². The van der Waals surface area contributed by atoms with E-state index in [1.165, 1.54) is 0 Å². The van der Waals surface area contributed by atoms with Gasteiger partial charge in [-0.3, -0.25) is 0 Å². The first-order valence-electron chi connectivity index (χ1n) is 6.34. The van der Waals surface area contributed by atoms with Crippen LogP contribution in [0.15, 0.2) is 29.6 Å². The second-order valence-corrected chi connectivity index (χ2v) is 5.19. The second kappa shape index (κ2) is 7.70. The molecule has 4 nitrogen and oxygen atoms in total. The summed E-state index contributed by atoms with van der Waals surface area (Å²) in [5.74, 6) is 6.69. The van der Waals surface area contributed by atoms with Crippen LogP contribution >= 0.6 is 11.3 Å². The first-order valence-corrected chi connectivity index (χ1v) is 7.22. The number of rotatable bonds is 5. The van der Waals surface area contributed by atoms with Gasteiger partial charge in [-0.1, -0.05) is 17.9 Å². The highest BCUT2D eigenvalue weighted by molar-refractivity contribution is 7.10. The third kappa shape index (κ3) is 4.23. The maximum atomic E-state index is 9.10. The Morgan fingerprint density at radius 1 is 1.19 bits per heavy atom. The monoisotopic (exact) mass is 304 g/mol. The molecule has 0 aliphatic carbocycles. The summed E-state index contributed by atoms with van der Waals surface area (Å²) in [7, 11) is 1.57. The Labute approximate surface area is 127 Å². The van der Waals surface area contributed by atoms with Gasteiger partial charge in [0.05, 0.1) is 13.7 Å². The summed E-state index contributed by atoms with van der Waals surface area (Å²) in [5, 5.41) is 19.7. The quantitative estimate of drug-likeness (QED) is 0.831. The molecular weight excluding hydrogens is 288 g/mol. The molecule has 0 aliphatic heterocycles. The van der Waals surface area contributed by atoms with Crippen molar-refractivity contribution in [2.75, 3.05) is 13.7 Å². The highest BCUT2D eigenvalue weighted by Crippen LogP contribution is 2.29. The van der Waals surface area contributed by atoms with Crippen LogP contribution in [0.5, 0.6) is 11.5 Å². The average molecular weight is 304 g/mol. The number of aliphatic hydroxyl groups excluding tert-OH is 2. The summed E-state index contributed by atoms with van der Waals surface area (Å²) in [5.41, 5.74) is 1.65. The third-order valence-corrected chi connectivity index (χ3v) is 3.66. The Kier molecular flexibility index (Phi) is 5.64. The van der Waals surface area contributed by atoms with E-state index in [0.29, 0.717) is 18.1 Å². The number of benzene rings is 1. The SMILES string of the molecule is COc1cc(CO)ccc1OCc1cc(C#CCO)cs1. The van der Waals surface area contributed by atoms with Gasteiger partial charge in [0.25, 0.3) is 0 Å². The minimum absolute atomic E-state index is 0.0333. The second-order valence-electron chi connectivity index (χ2n) is 4.19. The first kappa shape index (κ1) is 15.4. The van der Waals surface area contributed by atoms with Gasteiger partial charge in [0, 0.05) is 15.8 Å². The Bertz CT molecular complexity index is 652. The predicted molar refractivity (Wildman–Crippen MR) is 81.5 cm³/mol. The number of aliphatic hydroxyl groups is 2. The van der Waals surface area contributed by atoms with E-state index in [1.807, 2.05) is 11.4 Å². The molecule has 0 saturated carbocycles. The van der Waals surface area contributed by atoms with E-state index in [9.17, 15) is 0 Å². The van der Waals surface area contributed by atoms with Crippen LogP contribution in [0.3, 0.4) is 0 Å². The standard InChI is InChI=1S/C16H16O4S/c1-19-16-8-12(9-18)4-5-15(16)20-10-14-7-13(11-21-14)3-2-6-17/h4-5,7-8,11,17-18H,6,9-10H2,1H3. The van der Waals surface area contributed by atoms with E-state index in [2.05, 4.69) is 11.8 Å². The molecule has 0 saturated heterocycles. The van der Waals surface area contributed by atoms with Gasteiger partial charge in [-0.25, -0.2) is 0 Å². The van der Waals surface area contributed by atoms with Crippen molar-refractivity contribution < 1.29 is 19.7 Å². The van der Waals surface area contributed by atoms with Crippen molar-refractivity contribution in [3.63, 3.8) is 0 Å². The Morgan fingerprint density at radius 3 is 2.76 bits per heavy atom. The fourth-order valence-corrected chi connectivity index (χ4v) is 2.47. The Hall–Kier alpha value is -2.00. The molecule has 1 heterocycles. The zero-order chi connectivity index (χ0) is 15.1. The van der Waals surface area contributed by atoms with Crippen LogP contribution in [0.2, 0.25) is 0 Å². The molecule has 0 spiro atoms. The molecule has 0 bridgehead atoms. The van der Waals surface area contributed by atoms with E-state index in [0.717, 1.165) is 16.0 Å². The van der Waals surface area contributed by atoms with Gasteiger partial charge in [-0.15, -0.1) is 11.3 Å². The summed E-state index contributed by atoms with van der Waals surface area (Å²) in [6.45, 7) is 0.241. The molecule has 5 heteroatoms. The van der Waals surface area contributed by atoms with Crippen molar-refractivity contribution in [3.8, 4) is 23.3 Å². The predicted octanol–water partition coefficient (Wildman–Crippen LogP) is 2.17. The number of hydrogen-bond donors (Lipinski definition) is 2. The number of thiophene rings is 1. The largest absolute Gasteiger partial charge is 0.493 e. The lowest BCUT2D eigenvalue weighted by molar-refractivity contribution is 0.275. The number of ether oxygens (including phenoxy) is 2. The van der Waals surface area contributed by atoms with E-state index < -0.39 is 0 Å². The van der Waals surface area contributed by atoms with E-state index >= 15 is 0 Å². The molecule has 0 amide bonds. The zero-order valence-corrected chi connectivity index (χ0v) is 12.4. The summed E-state index contributed by atoms with van der Waals surface area (Å²) in [6.07, 6.45) is 0. The lowest BCUT2D eigenvalue weighted by Crippen LogP contribution is -1.97. The molecule has 1 aromatic heterocycles. The van der Waals surface area contributed by atoms with Crippen LogP contribution in [0.1, 0.15) is 16.0 Å². The zero-order valence-electron chi connectivity index (χ0n) is 11.6. The van der Waals surface area contributed by atoms with Crippen LogP contribution in [-0.2, 0) is 13.2 Å². The highest BCUT2D eigenvalue weighted by Gasteiger charge is 2.07.